The van der Waals surface area contributed by atoms with Gasteiger partial charge >= 0.3 is 11.9 Å². The van der Waals surface area contributed by atoms with Gasteiger partial charge in [0.05, 0.1) is 5.71 Å². The van der Waals surface area contributed by atoms with Gasteiger partial charge in [0.15, 0.2) is 0 Å². The maximum atomic E-state index is 12.3. The predicted molar refractivity (Wildman–Crippen MR) is 146 cm³/mol. The van der Waals surface area contributed by atoms with Crippen molar-refractivity contribution in [2.45, 2.75) is 112 Å². The fraction of sp³-hybridized carbons (Fsp3) is 0.871. The van der Waals surface area contributed by atoms with E-state index in [-0.39, 0.29) is 46.8 Å². The molecule has 11 atom stereocenters. The van der Waals surface area contributed by atoms with Gasteiger partial charge in [-0.1, -0.05) is 32.9 Å². The number of esters is 2. The molecule has 0 bridgehead atoms. The van der Waals surface area contributed by atoms with Crippen LogP contribution in [0.25, 0.3) is 0 Å². The predicted octanol–water partition coefficient (Wildman–Crippen LogP) is 6.07. The van der Waals surface area contributed by atoms with Crippen LogP contribution in [0.5, 0.6) is 0 Å². The minimum Gasteiger partial charge on any atom is -0.463 e. The smallest absolute Gasteiger partial charge is 0.302 e. The number of rotatable bonds is 4. The van der Waals surface area contributed by atoms with E-state index in [9.17, 15) is 14.8 Å². The average molecular weight is 529 g/mol. The van der Waals surface area contributed by atoms with E-state index < -0.39 is 0 Å². The van der Waals surface area contributed by atoms with Gasteiger partial charge in [-0.3, -0.25) is 14.6 Å². The molecule has 1 N–H and O–H groups in total. The molecule has 4 aliphatic carbocycles. The second kappa shape index (κ2) is 10.2. The molecule has 7 heteroatoms. The molecule has 7 nitrogen and oxygen atoms in total. The summed E-state index contributed by atoms with van der Waals surface area (Å²) in [5.41, 5.74) is 1.94. The molecule has 5 aliphatic rings. The van der Waals surface area contributed by atoms with Gasteiger partial charge in [0.1, 0.15) is 17.9 Å². The number of nitrogens with zero attached hydrogens (tertiary/aromatic N) is 2. The third-order valence-corrected chi connectivity index (χ3v) is 11.9. The lowest BCUT2D eigenvalue weighted by Crippen LogP contribution is -2.55. The molecule has 0 saturated heterocycles. The minimum absolute atomic E-state index is 0.0466. The SMILES string of the molecule is CC(=O)OC1CCC2(C)C(CCC3C2CCC2(C)C3CC(OC(C)=O)C2C(C)C2=NCC(C)C/C2=N\O)C1. The number of oxime groups is 1. The molecule has 0 radical (unpaired) electrons. The van der Waals surface area contributed by atoms with Crippen molar-refractivity contribution in [3.8, 4) is 0 Å². The summed E-state index contributed by atoms with van der Waals surface area (Å²) in [6.07, 6.45) is 9.39. The first-order valence-corrected chi connectivity index (χ1v) is 15.1. The first kappa shape index (κ1) is 27.6. The highest BCUT2D eigenvalue weighted by Gasteiger charge is 2.64. The summed E-state index contributed by atoms with van der Waals surface area (Å²) in [5, 5.41) is 13.5. The summed E-state index contributed by atoms with van der Waals surface area (Å²) in [6, 6.07) is 0. The molecule has 0 amide bonds. The molecule has 0 spiro atoms. The van der Waals surface area contributed by atoms with Crippen molar-refractivity contribution in [1.82, 2.24) is 0 Å². The van der Waals surface area contributed by atoms with Crippen LogP contribution in [-0.4, -0.2) is 47.3 Å². The van der Waals surface area contributed by atoms with Gasteiger partial charge < -0.3 is 14.7 Å². The van der Waals surface area contributed by atoms with Crippen LogP contribution in [0.3, 0.4) is 0 Å². The van der Waals surface area contributed by atoms with E-state index in [4.69, 9.17) is 14.5 Å². The van der Waals surface area contributed by atoms with Crippen molar-refractivity contribution < 1.29 is 24.3 Å². The molecular weight excluding hydrogens is 480 g/mol. The Bertz CT molecular complexity index is 1010. The Balaban J connectivity index is 1.42. The first-order chi connectivity index (χ1) is 18.0. The molecule has 0 aromatic heterocycles. The highest BCUT2D eigenvalue weighted by Crippen LogP contribution is 2.68. The third kappa shape index (κ3) is 4.60. The van der Waals surface area contributed by atoms with Gasteiger partial charge in [-0.05, 0) is 98.2 Å². The number of carbonyl (C=O) groups is 2. The van der Waals surface area contributed by atoms with Crippen LogP contribution < -0.4 is 0 Å². The summed E-state index contributed by atoms with van der Waals surface area (Å²) in [5.74, 6) is 2.61. The molecule has 38 heavy (non-hydrogen) atoms. The Morgan fingerprint density at radius 3 is 2.39 bits per heavy atom. The van der Waals surface area contributed by atoms with Gasteiger partial charge in [0.25, 0.3) is 0 Å². The second-order valence-electron chi connectivity index (χ2n) is 14.0. The van der Waals surface area contributed by atoms with E-state index >= 15 is 0 Å². The molecule has 11 unspecified atom stereocenters. The fourth-order valence-corrected chi connectivity index (χ4v) is 10.3. The number of hydrogen-bond donors (Lipinski definition) is 1. The Morgan fingerprint density at radius 2 is 1.71 bits per heavy atom. The zero-order valence-electron chi connectivity index (χ0n) is 24.2. The lowest BCUT2D eigenvalue weighted by atomic mass is 9.44. The molecule has 4 fully saturated rings. The van der Waals surface area contributed by atoms with Crippen LogP contribution in [0.4, 0.5) is 0 Å². The quantitative estimate of drug-likeness (QED) is 0.271. The first-order valence-electron chi connectivity index (χ1n) is 15.1. The zero-order valence-corrected chi connectivity index (χ0v) is 24.2. The van der Waals surface area contributed by atoms with Crippen LogP contribution in [0.1, 0.15) is 99.3 Å². The molecule has 212 valence electrons. The van der Waals surface area contributed by atoms with E-state index in [1.165, 1.54) is 33.1 Å². The van der Waals surface area contributed by atoms with Gasteiger partial charge in [-0.25, -0.2) is 0 Å². The lowest BCUT2D eigenvalue weighted by molar-refractivity contribution is -0.160. The van der Waals surface area contributed by atoms with Crippen molar-refractivity contribution in [3.05, 3.63) is 0 Å². The standard InChI is InChI=1S/C31H48N2O5/c1-17-13-26(33-36)29(32-16-17)18(2)28-27(38-20(4)35)15-25-23-8-7-21-14-22(37-19(3)34)9-11-30(21,5)24(23)10-12-31(25,28)6/h17-18,21-25,27-28,36H,7-16H2,1-6H3/b33-26+. The molecule has 1 aliphatic heterocycles. The van der Waals surface area contributed by atoms with E-state index in [0.717, 1.165) is 50.8 Å². The van der Waals surface area contributed by atoms with Crippen molar-refractivity contribution in [2.75, 3.05) is 6.54 Å². The Morgan fingerprint density at radius 1 is 1.00 bits per heavy atom. The fourth-order valence-electron chi connectivity index (χ4n) is 10.3. The minimum atomic E-state index is -0.208. The van der Waals surface area contributed by atoms with Gasteiger partial charge in [0, 0.05) is 32.2 Å². The summed E-state index contributed by atoms with van der Waals surface area (Å²) in [7, 11) is 0. The van der Waals surface area contributed by atoms with Crippen LogP contribution in [-0.2, 0) is 19.1 Å². The molecule has 5 rings (SSSR count). The van der Waals surface area contributed by atoms with Crippen LogP contribution in [0.2, 0.25) is 0 Å². The van der Waals surface area contributed by atoms with Gasteiger partial charge in [0.2, 0.25) is 0 Å². The Kier molecular flexibility index (Phi) is 7.45. The Labute approximate surface area is 228 Å². The maximum absolute atomic E-state index is 12.3. The average Bonchev–Trinajstić information content (AvgIpc) is 3.14. The number of hydrogen-bond acceptors (Lipinski definition) is 7. The van der Waals surface area contributed by atoms with Crippen LogP contribution >= 0.6 is 0 Å². The largest absolute Gasteiger partial charge is 0.463 e. The zero-order chi connectivity index (χ0) is 27.4. The van der Waals surface area contributed by atoms with Crippen molar-refractivity contribution in [1.29, 1.82) is 0 Å². The monoisotopic (exact) mass is 528 g/mol. The topological polar surface area (TPSA) is 97.6 Å². The molecular formula is C31H48N2O5. The van der Waals surface area contributed by atoms with E-state index in [1.54, 1.807) is 0 Å². The van der Waals surface area contributed by atoms with Crippen molar-refractivity contribution >= 4 is 23.4 Å². The number of ether oxygens (including phenoxy) is 2. The summed E-state index contributed by atoms with van der Waals surface area (Å²) in [6.45, 7) is 13.1. The molecule has 0 aromatic carbocycles. The van der Waals surface area contributed by atoms with Crippen molar-refractivity contribution in [3.63, 3.8) is 0 Å². The third-order valence-electron chi connectivity index (χ3n) is 11.9. The summed E-state index contributed by atoms with van der Waals surface area (Å²) >= 11 is 0. The van der Waals surface area contributed by atoms with E-state index in [2.05, 4.69) is 32.9 Å². The normalized spacial score (nSPS) is 46.3. The number of fused-ring (bicyclic) bond motifs is 5. The summed E-state index contributed by atoms with van der Waals surface area (Å²) in [4.78, 5) is 28.8. The van der Waals surface area contributed by atoms with Crippen LogP contribution in [0.15, 0.2) is 10.1 Å². The highest BCUT2D eigenvalue weighted by molar-refractivity contribution is 6.43. The molecule has 1 heterocycles. The van der Waals surface area contributed by atoms with Gasteiger partial charge in [-0.15, -0.1) is 0 Å². The summed E-state index contributed by atoms with van der Waals surface area (Å²) < 4.78 is 11.8. The highest BCUT2D eigenvalue weighted by atomic mass is 16.5. The lowest BCUT2D eigenvalue weighted by Gasteiger charge is -2.61. The van der Waals surface area contributed by atoms with Gasteiger partial charge in [-0.2, -0.15) is 0 Å². The van der Waals surface area contributed by atoms with E-state index in [0.29, 0.717) is 35.3 Å². The molecule has 4 saturated carbocycles. The van der Waals surface area contributed by atoms with Crippen molar-refractivity contribution in [2.24, 2.45) is 62.4 Å². The van der Waals surface area contributed by atoms with Crippen LogP contribution in [0, 0.1) is 52.3 Å². The Hall–Kier alpha value is -1.92. The molecule has 0 aromatic rings. The maximum Gasteiger partial charge on any atom is 0.302 e. The van der Waals surface area contributed by atoms with E-state index in [1.807, 2.05) is 0 Å². The second-order valence-corrected chi connectivity index (χ2v) is 14.0. The number of carbonyl (C=O) groups excluding carboxylic acids is 2. The number of aliphatic imine (C=N–C) groups is 1.